The van der Waals surface area contributed by atoms with Gasteiger partial charge in [0.15, 0.2) is 5.78 Å². The number of ketones is 1. The summed E-state index contributed by atoms with van der Waals surface area (Å²) < 4.78 is 0. The van der Waals surface area contributed by atoms with Crippen LogP contribution in [0.25, 0.3) is 10.8 Å². The SMILES string of the molecule is O=C(c1ccnc(Cl)c1)c1cccc2ccccc12. The van der Waals surface area contributed by atoms with Crippen LogP contribution in [-0.2, 0) is 0 Å². The summed E-state index contributed by atoms with van der Waals surface area (Å²) in [5.41, 5.74) is 1.23. The molecule has 0 N–H and O–H groups in total. The van der Waals surface area contributed by atoms with Gasteiger partial charge in [-0.05, 0) is 22.9 Å². The minimum absolute atomic E-state index is 0.0406. The van der Waals surface area contributed by atoms with E-state index in [-0.39, 0.29) is 5.78 Å². The first-order chi connectivity index (χ1) is 9.25. The lowest BCUT2D eigenvalue weighted by Crippen LogP contribution is -2.02. The van der Waals surface area contributed by atoms with E-state index in [0.29, 0.717) is 16.3 Å². The van der Waals surface area contributed by atoms with Crippen molar-refractivity contribution in [2.45, 2.75) is 0 Å². The summed E-state index contributed by atoms with van der Waals surface area (Å²) >= 11 is 5.83. The van der Waals surface area contributed by atoms with Gasteiger partial charge in [0.1, 0.15) is 5.15 Å². The zero-order chi connectivity index (χ0) is 13.2. The average molecular weight is 268 g/mol. The molecule has 92 valence electrons. The highest BCUT2D eigenvalue weighted by Crippen LogP contribution is 2.21. The van der Waals surface area contributed by atoms with E-state index in [1.54, 1.807) is 18.3 Å². The molecule has 0 aliphatic carbocycles. The van der Waals surface area contributed by atoms with Gasteiger partial charge in [-0.3, -0.25) is 4.79 Å². The number of nitrogens with zero attached hydrogens (tertiary/aromatic N) is 1. The van der Waals surface area contributed by atoms with Crippen LogP contribution in [0.1, 0.15) is 15.9 Å². The number of hydrogen-bond donors (Lipinski definition) is 0. The molecule has 0 fully saturated rings. The Kier molecular flexibility index (Phi) is 3.02. The van der Waals surface area contributed by atoms with Gasteiger partial charge in [0.25, 0.3) is 0 Å². The second kappa shape index (κ2) is 4.82. The summed E-state index contributed by atoms with van der Waals surface area (Å²) in [5, 5.41) is 2.32. The predicted octanol–water partition coefficient (Wildman–Crippen LogP) is 4.12. The van der Waals surface area contributed by atoms with Gasteiger partial charge < -0.3 is 0 Å². The fourth-order valence-corrected chi connectivity index (χ4v) is 2.30. The van der Waals surface area contributed by atoms with Crippen molar-refractivity contribution in [3.63, 3.8) is 0 Å². The number of aromatic nitrogens is 1. The van der Waals surface area contributed by atoms with Crippen LogP contribution < -0.4 is 0 Å². The molecule has 0 aliphatic heterocycles. The van der Waals surface area contributed by atoms with Crippen molar-refractivity contribution >= 4 is 28.2 Å². The molecule has 0 aliphatic rings. The van der Waals surface area contributed by atoms with Crippen LogP contribution in [0.2, 0.25) is 5.15 Å². The Morgan fingerprint density at radius 3 is 2.63 bits per heavy atom. The van der Waals surface area contributed by atoms with Gasteiger partial charge in [-0.2, -0.15) is 0 Å². The largest absolute Gasteiger partial charge is 0.289 e. The molecule has 1 heterocycles. The molecule has 0 radical (unpaired) electrons. The van der Waals surface area contributed by atoms with Crippen LogP contribution in [0.15, 0.2) is 60.8 Å². The van der Waals surface area contributed by atoms with E-state index in [9.17, 15) is 4.79 Å². The van der Waals surface area contributed by atoms with Gasteiger partial charge in [0.05, 0.1) is 0 Å². The lowest BCUT2D eigenvalue weighted by atomic mass is 9.98. The first kappa shape index (κ1) is 11.9. The second-order valence-corrected chi connectivity index (χ2v) is 4.61. The maximum Gasteiger partial charge on any atom is 0.193 e. The van der Waals surface area contributed by atoms with E-state index in [1.165, 1.54) is 0 Å². The van der Waals surface area contributed by atoms with Crippen molar-refractivity contribution < 1.29 is 4.79 Å². The van der Waals surface area contributed by atoms with Gasteiger partial charge in [-0.25, -0.2) is 4.98 Å². The Bertz CT molecular complexity index is 762. The number of benzene rings is 2. The molecule has 2 aromatic carbocycles. The Morgan fingerprint density at radius 2 is 1.79 bits per heavy atom. The molecule has 2 nitrogen and oxygen atoms in total. The van der Waals surface area contributed by atoms with Crippen molar-refractivity contribution in [3.8, 4) is 0 Å². The van der Waals surface area contributed by atoms with Crippen LogP contribution in [0.3, 0.4) is 0 Å². The number of halogens is 1. The normalized spacial score (nSPS) is 10.6. The number of hydrogen-bond acceptors (Lipinski definition) is 2. The van der Waals surface area contributed by atoms with E-state index < -0.39 is 0 Å². The van der Waals surface area contributed by atoms with Gasteiger partial charge in [0.2, 0.25) is 0 Å². The number of fused-ring (bicyclic) bond motifs is 1. The Balaban J connectivity index is 2.17. The van der Waals surface area contributed by atoms with Crippen LogP contribution >= 0.6 is 11.6 Å². The quantitative estimate of drug-likeness (QED) is 0.516. The first-order valence-corrected chi connectivity index (χ1v) is 6.27. The predicted molar refractivity (Wildman–Crippen MR) is 76.6 cm³/mol. The number of pyridine rings is 1. The molecule has 19 heavy (non-hydrogen) atoms. The van der Waals surface area contributed by atoms with E-state index >= 15 is 0 Å². The minimum Gasteiger partial charge on any atom is -0.289 e. The zero-order valence-corrected chi connectivity index (χ0v) is 10.8. The van der Waals surface area contributed by atoms with Crippen LogP contribution in [0.4, 0.5) is 0 Å². The summed E-state index contributed by atoms with van der Waals surface area (Å²) in [6, 6.07) is 16.8. The highest BCUT2D eigenvalue weighted by Gasteiger charge is 2.12. The minimum atomic E-state index is -0.0406. The fraction of sp³-hybridized carbons (Fsp3) is 0. The first-order valence-electron chi connectivity index (χ1n) is 5.90. The Hall–Kier alpha value is -2.19. The summed E-state index contributed by atoms with van der Waals surface area (Å²) in [4.78, 5) is 16.4. The van der Waals surface area contributed by atoms with Crippen LogP contribution in [-0.4, -0.2) is 10.8 Å². The van der Waals surface area contributed by atoms with Crippen molar-refractivity contribution in [3.05, 3.63) is 77.1 Å². The lowest BCUT2D eigenvalue weighted by molar-refractivity contribution is 0.104. The van der Waals surface area contributed by atoms with Gasteiger partial charge >= 0.3 is 0 Å². The average Bonchev–Trinajstić information content (AvgIpc) is 2.46. The standard InChI is InChI=1S/C16H10ClNO/c17-15-10-12(8-9-18-15)16(19)14-7-3-5-11-4-1-2-6-13(11)14/h1-10H. The number of rotatable bonds is 2. The van der Waals surface area contributed by atoms with Crippen LogP contribution in [0.5, 0.6) is 0 Å². The zero-order valence-electron chi connectivity index (χ0n) is 10.0. The van der Waals surface area contributed by atoms with E-state index in [2.05, 4.69) is 4.98 Å². The Morgan fingerprint density at radius 1 is 1.00 bits per heavy atom. The third-order valence-corrected chi connectivity index (χ3v) is 3.23. The highest BCUT2D eigenvalue weighted by atomic mass is 35.5. The van der Waals surface area contributed by atoms with Crippen molar-refractivity contribution in [1.29, 1.82) is 0 Å². The molecule has 0 bridgehead atoms. The molecular formula is C16H10ClNO. The maximum absolute atomic E-state index is 12.5. The van der Waals surface area contributed by atoms with Crippen molar-refractivity contribution in [1.82, 2.24) is 4.98 Å². The summed E-state index contributed by atoms with van der Waals surface area (Å²) in [6.45, 7) is 0. The molecule has 0 unspecified atom stereocenters. The topological polar surface area (TPSA) is 30.0 Å². The molecule has 1 aromatic heterocycles. The summed E-state index contributed by atoms with van der Waals surface area (Å²) in [7, 11) is 0. The van der Waals surface area contributed by atoms with E-state index in [1.807, 2.05) is 42.5 Å². The van der Waals surface area contributed by atoms with E-state index in [0.717, 1.165) is 10.8 Å². The number of carbonyl (C=O) groups is 1. The van der Waals surface area contributed by atoms with Crippen LogP contribution in [0, 0.1) is 0 Å². The molecule has 0 atom stereocenters. The molecule has 3 heteroatoms. The number of carbonyl (C=O) groups excluding carboxylic acids is 1. The molecule has 0 amide bonds. The van der Waals surface area contributed by atoms with Crippen molar-refractivity contribution in [2.75, 3.05) is 0 Å². The monoisotopic (exact) mass is 267 g/mol. The summed E-state index contributed by atoms with van der Waals surface area (Å²) in [5.74, 6) is -0.0406. The fourth-order valence-electron chi connectivity index (χ4n) is 2.12. The molecule has 0 spiro atoms. The molecule has 0 saturated carbocycles. The molecule has 0 saturated heterocycles. The lowest BCUT2D eigenvalue weighted by Gasteiger charge is -2.05. The van der Waals surface area contributed by atoms with Gasteiger partial charge in [0, 0.05) is 17.3 Å². The molecular weight excluding hydrogens is 258 g/mol. The molecule has 3 rings (SSSR count). The smallest absolute Gasteiger partial charge is 0.193 e. The van der Waals surface area contributed by atoms with Crippen molar-refractivity contribution in [2.24, 2.45) is 0 Å². The maximum atomic E-state index is 12.5. The second-order valence-electron chi connectivity index (χ2n) is 4.22. The van der Waals surface area contributed by atoms with Gasteiger partial charge in [-0.15, -0.1) is 0 Å². The summed E-state index contributed by atoms with van der Waals surface area (Å²) in [6.07, 6.45) is 1.54. The third kappa shape index (κ3) is 2.23. The van der Waals surface area contributed by atoms with E-state index in [4.69, 9.17) is 11.6 Å². The molecule has 3 aromatic rings. The Labute approximate surface area is 115 Å². The highest BCUT2D eigenvalue weighted by molar-refractivity contribution is 6.30. The third-order valence-electron chi connectivity index (χ3n) is 3.02. The van der Waals surface area contributed by atoms with Gasteiger partial charge in [-0.1, -0.05) is 54.1 Å².